The standard InChI is InChI=1S/C19H24IN3O4/c1-12(2)7-16(18(24)25)22-17(19(26)27)8-15-9-21-11-23(15)10-13-3-5-14(20)6-4-13/h3-6,9,11-12,16-17,22H,7-8,10H2,1-2H3,(H,24,25)(H,26,27). The van der Waals surface area contributed by atoms with Crippen molar-refractivity contribution in [3.05, 3.63) is 51.6 Å². The Kier molecular flexibility index (Phi) is 7.78. The SMILES string of the molecule is CC(C)CC(NC(Cc1cncn1Cc1ccc(I)cc1)C(=O)O)C(=O)O. The normalized spacial score (nSPS) is 13.5. The molecule has 0 aliphatic rings. The lowest BCUT2D eigenvalue weighted by molar-refractivity contribution is -0.142. The molecule has 0 spiro atoms. The van der Waals surface area contributed by atoms with E-state index in [0.29, 0.717) is 13.0 Å². The molecule has 0 saturated heterocycles. The third kappa shape index (κ3) is 6.62. The Hall–Kier alpha value is -1.94. The Morgan fingerprint density at radius 3 is 2.33 bits per heavy atom. The summed E-state index contributed by atoms with van der Waals surface area (Å²) in [5.74, 6) is -1.98. The molecule has 146 valence electrons. The van der Waals surface area contributed by atoms with E-state index in [0.717, 1.165) is 14.8 Å². The van der Waals surface area contributed by atoms with Crippen LogP contribution in [-0.4, -0.2) is 43.8 Å². The second-order valence-corrected chi connectivity index (χ2v) is 8.17. The summed E-state index contributed by atoms with van der Waals surface area (Å²) < 4.78 is 3.03. The molecule has 2 rings (SSSR count). The van der Waals surface area contributed by atoms with Gasteiger partial charge in [-0.1, -0.05) is 26.0 Å². The Morgan fingerprint density at radius 1 is 1.15 bits per heavy atom. The summed E-state index contributed by atoms with van der Waals surface area (Å²) in [6.45, 7) is 4.39. The van der Waals surface area contributed by atoms with Crippen LogP contribution in [0.2, 0.25) is 0 Å². The molecule has 0 radical (unpaired) electrons. The van der Waals surface area contributed by atoms with E-state index in [1.807, 2.05) is 42.7 Å². The van der Waals surface area contributed by atoms with Crippen LogP contribution in [0.15, 0.2) is 36.8 Å². The second kappa shape index (κ2) is 9.84. The van der Waals surface area contributed by atoms with Crippen LogP contribution < -0.4 is 5.32 Å². The molecule has 27 heavy (non-hydrogen) atoms. The quantitative estimate of drug-likeness (QED) is 0.447. The van der Waals surface area contributed by atoms with Crippen LogP contribution >= 0.6 is 22.6 Å². The van der Waals surface area contributed by atoms with Gasteiger partial charge in [-0.05, 0) is 52.6 Å². The molecule has 0 amide bonds. The minimum atomic E-state index is -1.08. The highest BCUT2D eigenvalue weighted by Gasteiger charge is 2.27. The number of hydrogen-bond donors (Lipinski definition) is 3. The third-order valence-corrected chi connectivity index (χ3v) is 4.90. The first-order chi connectivity index (χ1) is 12.8. The van der Waals surface area contributed by atoms with Gasteiger partial charge in [-0.25, -0.2) is 4.98 Å². The Labute approximate surface area is 171 Å². The predicted octanol–water partition coefficient (Wildman–Crippen LogP) is 2.62. The third-order valence-electron chi connectivity index (χ3n) is 4.18. The zero-order valence-electron chi connectivity index (χ0n) is 15.3. The number of nitrogens with one attached hydrogen (secondary N) is 1. The van der Waals surface area contributed by atoms with Gasteiger partial charge in [0.15, 0.2) is 0 Å². The minimum absolute atomic E-state index is 0.138. The molecule has 1 aromatic carbocycles. The highest BCUT2D eigenvalue weighted by molar-refractivity contribution is 14.1. The first kappa shape index (κ1) is 21.4. The van der Waals surface area contributed by atoms with Crippen molar-refractivity contribution in [3.8, 4) is 0 Å². The average Bonchev–Trinajstić information content (AvgIpc) is 3.01. The smallest absolute Gasteiger partial charge is 0.321 e. The van der Waals surface area contributed by atoms with Gasteiger partial charge in [-0.3, -0.25) is 14.9 Å². The van der Waals surface area contributed by atoms with Gasteiger partial charge in [0.1, 0.15) is 12.1 Å². The Balaban J connectivity index is 2.12. The van der Waals surface area contributed by atoms with Gasteiger partial charge >= 0.3 is 11.9 Å². The van der Waals surface area contributed by atoms with Crippen molar-refractivity contribution in [2.45, 2.75) is 45.3 Å². The first-order valence-corrected chi connectivity index (χ1v) is 9.79. The summed E-state index contributed by atoms with van der Waals surface area (Å²) in [5.41, 5.74) is 1.82. The summed E-state index contributed by atoms with van der Waals surface area (Å²) in [5, 5.41) is 21.7. The number of nitrogens with zero attached hydrogens (tertiary/aromatic N) is 2. The number of hydrogen-bond acceptors (Lipinski definition) is 4. The molecule has 1 heterocycles. The highest BCUT2D eigenvalue weighted by Crippen LogP contribution is 2.13. The lowest BCUT2D eigenvalue weighted by atomic mass is 10.0. The van der Waals surface area contributed by atoms with Crippen molar-refractivity contribution in [2.24, 2.45) is 5.92 Å². The molecule has 1 aromatic heterocycles. The summed E-state index contributed by atoms with van der Waals surface area (Å²) in [7, 11) is 0. The van der Waals surface area contributed by atoms with Crippen molar-refractivity contribution in [2.75, 3.05) is 0 Å². The number of rotatable bonds is 10. The molecule has 0 aliphatic carbocycles. The number of benzene rings is 1. The van der Waals surface area contributed by atoms with Crippen LogP contribution in [0.5, 0.6) is 0 Å². The van der Waals surface area contributed by atoms with Crippen LogP contribution in [0.1, 0.15) is 31.5 Å². The monoisotopic (exact) mass is 485 g/mol. The maximum atomic E-state index is 11.7. The minimum Gasteiger partial charge on any atom is -0.480 e. The predicted molar refractivity (Wildman–Crippen MR) is 110 cm³/mol. The molecule has 0 saturated carbocycles. The van der Waals surface area contributed by atoms with E-state index in [4.69, 9.17) is 0 Å². The molecule has 0 bridgehead atoms. The van der Waals surface area contributed by atoms with Crippen molar-refractivity contribution >= 4 is 34.5 Å². The molecular formula is C19H24IN3O4. The van der Waals surface area contributed by atoms with Gasteiger partial charge in [0.2, 0.25) is 0 Å². The van der Waals surface area contributed by atoms with Crippen molar-refractivity contribution in [1.29, 1.82) is 0 Å². The Bertz CT molecular complexity index is 774. The fraction of sp³-hybridized carbons (Fsp3) is 0.421. The zero-order valence-corrected chi connectivity index (χ0v) is 17.5. The molecule has 2 atom stereocenters. The first-order valence-electron chi connectivity index (χ1n) is 8.71. The number of halogens is 1. The van der Waals surface area contributed by atoms with Gasteiger partial charge in [0.25, 0.3) is 0 Å². The molecule has 2 aromatic rings. The number of carbonyl (C=O) groups is 2. The number of aliphatic carboxylic acids is 2. The van der Waals surface area contributed by atoms with Crippen LogP contribution in [0.3, 0.4) is 0 Å². The second-order valence-electron chi connectivity index (χ2n) is 6.92. The van der Waals surface area contributed by atoms with E-state index >= 15 is 0 Å². The fourth-order valence-electron chi connectivity index (χ4n) is 2.83. The number of carboxylic acid groups (broad SMARTS) is 2. The zero-order chi connectivity index (χ0) is 20.0. The summed E-state index contributed by atoms with van der Waals surface area (Å²) in [6.07, 6.45) is 3.81. The number of imidazole rings is 1. The van der Waals surface area contributed by atoms with Gasteiger partial charge in [-0.15, -0.1) is 0 Å². The van der Waals surface area contributed by atoms with Crippen LogP contribution in [0.4, 0.5) is 0 Å². The van der Waals surface area contributed by atoms with E-state index < -0.39 is 24.0 Å². The Morgan fingerprint density at radius 2 is 1.78 bits per heavy atom. The van der Waals surface area contributed by atoms with E-state index in [2.05, 4.69) is 32.9 Å². The molecular weight excluding hydrogens is 461 g/mol. The fourth-order valence-corrected chi connectivity index (χ4v) is 3.19. The summed E-state index contributed by atoms with van der Waals surface area (Å²) >= 11 is 2.24. The number of aromatic nitrogens is 2. The van der Waals surface area contributed by atoms with Gasteiger partial charge < -0.3 is 14.8 Å². The molecule has 0 fully saturated rings. The van der Waals surface area contributed by atoms with Crippen molar-refractivity contribution in [3.63, 3.8) is 0 Å². The van der Waals surface area contributed by atoms with E-state index in [1.165, 1.54) is 0 Å². The molecule has 2 unspecified atom stereocenters. The summed E-state index contributed by atoms with van der Waals surface area (Å²) in [6, 6.07) is 6.15. The lowest BCUT2D eigenvalue weighted by Gasteiger charge is -2.22. The highest BCUT2D eigenvalue weighted by atomic mass is 127. The lowest BCUT2D eigenvalue weighted by Crippen LogP contribution is -2.49. The van der Waals surface area contributed by atoms with E-state index in [9.17, 15) is 19.8 Å². The molecule has 3 N–H and O–H groups in total. The maximum Gasteiger partial charge on any atom is 0.321 e. The van der Waals surface area contributed by atoms with E-state index in [1.54, 1.807) is 12.5 Å². The topological polar surface area (TPSA) is 104 Å². The van der Waals surface area contributed by atoms with Crippen LogP contribution in [-0.2, 0) is 22.6 Å². The molecule has 0 aliphatic heterocycles. The van der Waals surface area contributed by atoms with Crippen LogP contribution in [0.25, 0.3) is 0 Å². The van der Waals surface area contributed by atoms with Crippen molar-refractivity contribution < 1.29 is 19.8 Å². The maximum absolute atomic E-state index is 11.7. The van der Waals surface area contributed by atoms with Gasteiger partial charge in [0, 0.05) is 28.4 Å². The molecule has 7 nitrogen and oxygen atoms in total. The molecule has 8 heteroatoms. The van der Waals surface area contributed by atoms with E-state index in [-0.39, 0.29) is 12.3 Å². The van der Waals surface area contributed by atoms with Crippen LogP contribution in [0, 0.1) is 9.49 Å². The van der Waals surface area contributed by atoms with Crippen molar-refractivity contribution in [1.82, 2.24) is 14.9 Å². The average molecular weight is 485 g/mol. The largest absolute Gasteiger partial charge is 0.480 e. The van der Waals surface area contributed by atoms with Gasteiger partial charge in [-0.2, -0.15) is 0 Å². The van der Waals surface area contributed by atoms with Gasteiger partial charge in [0.05, 0.1) is 6.33 Å². The summed E-state index contributed by atoms with van der Waals surface area (Å²) in [4.78, 5) is 27.3. The number of carboxylic acids is 2.